The fourth-order valence-electron chi connectivity index (χ4n) is 2.43. The average Bonchev–Trinajstić information content (AvgIpc) is 2.86. The zero-order valence-electron chi connectivity index (χ0n) is 12.7. The molecule has 1 aromatic carbocycles. The molecule has 23 heavy (non-hydrogen) atoms. The van der Waals surface area contributed by atoms with Crippen LogP contribution in [0.15, 0.2) is 39.2 Å². The molecule has 0 fully saturated rings. The van der Waals surface area contributed by atoms with Gasteiger partial charge in [-0.3, -0.25) is 0 Å². The van der Waals surface area contributed by atoms with Gasteiger partial charge in [0, 0.05) is 10.0 Å². The number of nitrogen functional groups attached to an aromatic ring is 1. The molecule has 3 aromatic rings. The van der Waals surface area contributed by atoms with Crippen molar-refractivity contribution in [1.82, 2.24) is 4.98 Å². The van der Waals surface area contributed by atoms with Crippen molar-refractivity contribution in [2.45, 2.75) is 13.8 Å². The van der Waals surface area contributed by atoms with Crippen molar-refractivity contribution in [2.75, 3.05) is 12.3 Å². The number of aryl methyl sites for hydroxylation is 1. The minimum atomic E-state index is -0.576. The number of nitrogens with two attached hydrogens (primary N) is 1. The van der Waals surface area contributed by atoms with Crippen molar-refractivity contribution < 1.29 is 13.9 Å². The molecule has 5 nitrogen and oxygen atoms in total. The second kappa shape index (κ2) is 6.04. The van der Waals surface area contributed by atoms with Gasteiger partial charge in [-0.2, -0.15) is 0 Å². The van der Waals surface area contributed by atoms with Gasteiger partial charge >= 0.3 is 5.97 Å². The molecule has 2 heterocycles. The van der Waals surface area contributed by atoms with Gasteiger partial charge in [-0.25, -0.2) is 9.78 Å². The molecular formula is C17H15BrN2O3. The summed E-state index contributed by atoms with van der Waals surface area (Å²) in [5, 5.41) is 0.647. The number of esters is 1. The van der Waals surface area contributed by atoms with Crippen molar-refractivity contribution in [3.63, 3.8) is 0 Å². The monoisotopic (exact) mass is 374 g/mol. The maximum Gasteiger partial charge on any atom is 0.376 e. The molecule has 6 heteroatoms. The Bertz CT molecular complexity index is 885. The molecule has 0 radical (unpaired) electrons. The molecule has 0 aliphatic rings. The van der Waals surface area contributed by atoms with E-state index in [4.69, 9.17) is 14.9 Å². The summed E-state index contributed by atoms with van der Waals surface area (Å²) in [5.41, 5.74) is 9.24. The summed E-state index contributed by atoms with van der Waals surface area (Å²) in [7, 11) is 0. The van der Waals surface area contributed by atoms with E-state index >= 15 is 0 Å². The second-order valence-corrected chi connectivity index (χ2v) is 5.99. The second-order valence-electron chi connectivity index (χ2n) is 5.08. The van der Waals surface area contributed by atoms with Crippen molar-refractivity contribution in [3.05, 3.63) is 46.1 Å². The van der Waals surface area contributed by atoms with Crippen LogP contribution in [-0.4, -0.2) is 17.6 Å². The molecule has 3 rings (SSSR count). The Kier molecular flexibility index (Phi) is 4.09. The van der Waals surface area contributed by atoms with Crippen LogP contribution >= 0.6 is 15.9 Å². The summed E-state index contributed by atoms with van der Waals surface area (Å²) in [4.78, 5) is 16.4. The quantitative estimate of drug-likeness (QED) is 0.690. The number of halogens is 1. The maximum atomic E-state index is 11.9. The normalized spacial score (nSPS) is 10.9. The van der Waals surface area contributed by atoms with Crippen molar-refractivity contribution >= 4 is 38.7 Å². The minimum Gasteiger partial charge on any atom is -0.460 e. The van der Waals surface area contributed by atoms with Crippen molar-refractivity contribution in [1.29, 1.82) is 0 Å². The van der Waals surface area contributed by atoms with Crippen LogP contribution < -0.4 is 5.73 Å². The molecule has 118 valence electrons. The van der Waals surface area contributed by atoms with E-state index in [1.54, 1.807) is 6.92 Å². The van der Waals surface area contributed by atoms with Gasteiger partial charge in [0.25, 0.3) is 0 Å². The number of hydrogen-bond donors (Lipinski definition) is 1. The Morgan fingerprint density at radius 3 is 2.70 bits per heavy atom. The molecule has 2 N–H and O–H groups in total. The summed E-state index contributed by atoms with van der Waals surface area (Å²) in [6.45, 7) is 3.89. The number of benzene rings is 1. The van der Waals surface area contributed by atoms with E-state index in [0.29, 0.717) is 11.1 Å². The predicted molar refractivity (Wildman–Crippen MR) is 92.3 cm³/mol. The standard InChI is InChI=1S/C17H15BrN2O3/c1-3-22-17(21)15-14(19)13-9(2)8-12(20-16(13)23-15)10-4-6-11(18)7-5-10/h4-8H,3,19H2,1-2H3. The Morgan fingerprint density at radius 1 is 1.35 bits per heavy atom. The number of pyridine rings is 1. The van der Waals surface area contributed by atoms with Gasteiger partial charge in [-0.15, -0.1) is 0 Å². The Labute approximate surface area is 141 Å². The number of carbonyl (C=O) groups excluding carboxylic acids is 1. The molecule has 0 aliphatic carbocycles. The zero-order chi connectivity index (χ0) is 16.6. The summed E-state index contributed by atoms with van der Waals surface area (Å²) < 4.78 is 11.5. The fraction of sp³-hybridized carbons (Fsp3) is 0.176. The van der Waals surface area contributed by atoms with Crippen LogP contribution in [0.4, 0.5) is 5.69 Å². The predicted octanol–water partition coefficient (Wildman–Crippen LogP) is 4.32. The molecule has 0 spiro atoms. The fourth-order valence-corrected chi connectivity index (χ4v) is 2.69. The van der Waals surface area contributed by atoms with Gasteiger partial charge in [-0.1, -0.05) is 28.1 Å². The van der Waals surface area contributed by atoms with Crippen molar-refractivity contribution in [2.24, 2.45) is 0 Å². The number of rotatable bonds is 3. The number of ether oxygens (including phenoxy) is 1. The summed E-state index contributed by atoms with van der Waals surface area (Å²) in [6, 6.07) is 9.72. The first kappa shape index (κ1) is 15.6. The van der Waals surface area contributed by atoms with Gasteiger partial charge in [0.1, 0.15) is 0 Å². The third kappa shape index (κ3) is 2.82. The average molecular weight is 375 g/mol. The Balaban J connectivity index is 2.15. The van der Waals surface area contributed by atoms with Crippen LogP contribution in [0.25, 0.3) is 22.4 Å². The van der Waals surface area contributed by atoms with Crippen LogP contribution in [0.5, 0.6) is 0 Å². The van der Waals surface area contributed by atoms with Crippen LogP contribution in [-0.2, 0) is 4.74 Å². The van der Waals surface area contributed by atoms with Crippen LogP contribution in [0.2, 0.25) is 0 Å². The number of hydrogen-bond acceptors (Lipinski definition) is 5. The molecule has 0 amide bonds. The third-order valence-electron chi connectivity index (χ3n) is 3.50. The molecular weight excluding hydrogens is 360 g/mol. The lowest BCUT2D eigenvalue weighted by Crippen LogP contribution is -2.05. The number of aromatic nitrogens is 1. The number of furan rings is 1. The van der Waals surface area contributed by atoms with E-state index in [1.165, 1.54) is 0 Å². The number of nitrogens with zero attached hydrogens (tertiary/aromatic N) is 1. The highest BCUT2D eigenvalue weighted by atomic mass is 79.9. The smallest absolute Gasteiger partial charge is 0.376 e. The highest BCUT2D eigenvalue weighted by molar-refractivity contribution is 9.10. The van der Waals surface area contributed by atoms with Gasteiger partial charge in [-0.05, 0) is 37.6 Å². The van der Waals surface area contributed by atoms with E-state index in [-0.39, 0.29) is 18.1 Å². The highest BCUT2D eigenvalue weighted by Gasteiger charge is 2.22. The lowest BCUT2D eigenvalue weighted by atomic mass is 10.1. The molecule has 0 unspecified atom stereocenters. The van der Waals surface area contributed by atoms with Crippen LogP contribution in [0.1, 0.15) is 23.0 Å². The summed E-state index contributed by atoms with van der Waals surface area (Å²) in [6.07, 6.45) is 0. The number of fused-ring (bicyclic) bond motifs is 1. The van der Waals surface area contributed by atoms with E-state index in [9.17, 15) is 4.79 Å². The SMILES string of the molecule is CCOC(=O)c1oc2nc(-c3ccc(Br)cc3)cc(C)c2c1N. The number of carbonyl (C=O) groups is 1. The van der Waals surface area contributed by atoms with Crippen LogP contribution in [0.3, 0.4) is 0 Å². The van der Waals surface area contributed by atoms with E-state index in [1.807, 2.05) is 37.3 Å². The first-order chi connectivity index (χ1) is 11.0. The molecule has 2 aromatic heterocycles. The lowest BCUT2D eigenvalue weighted by Gasteiger charge is -2.03. The van der Waals surface area contributed by atoms with Gasteiger partial charge in [0.15, 0.2) is 0 Å². The van der Waals surface area contributed by atoms with Gasteiger partial charge < -0.3 is 14.9 Å². The number of anilines is 1. The van der Waals surface area contributed by atoms with E-state index < -0.39 is 5.97 Å². The van der Waals surface area contributed by atoms with E-state index in [0.717, 1.165) is 21.3 Å². The lowest BCUT2D eigenvalue weighted by molar-refractivity contribution is 0.0494. The molecule has 0 atom stereocenters. The van der Waals surface area contributed by atoms with Crippen LogP contribution in [0, 0.1) is 6.92 Å². The molecule has 0 saturated carbocycles. The van der Waals surface area contributed by atoms with E-state index in [2.05, 4.69) is 20.9 Å². The maximum absolute atomic E-state index is 11.9. The topological polar surface area (TPSA) is 78.3 Å². The third-order valence-corrected chi connectivity index (χ3v) is 4.03. The highest BCUT2D eigenvalue weighted by Crippen LogP contribution is 2.33. The first-order valence-electron chi connectivity index (χ1n) is 7.14. The molecule has 0 bridgehead atoms. The van der Waals surface area contributed by atoms with Crippen molar-refractivity contribution in [3.8, 4) is 11.3 Å². The minimum absolute atomic E-state index is 0.00501. The summed E-state index contributed by atoms with van der Waals surface area (Å²) >= 11 is 3.41. The largest absolute Gasteiger partial charge is 0.460 e. The Morgan fingerprint density at radius 2 is 2.04 bits per heavy atom. The Hall–Kier alpha value is -2.34. The van der Waals surface area contributed by atoms with Gasteiger partial charge in [0.2, 0.25) is 11.5 Å². The van der Waals surface area contributed by atoms with Gasteiger partial charge in [0.05, 0.1) is 23.4 Å². The summed E-state index contributed by atoms with van der Waals surface area (Å²) in [5.74, 6) is -0.571. The molecule has 0 aliphatic heterocycles. The first-order valence-corrected chi connectivity index (χ1v) is 7.93. The molecule has 0 saturated heterocycles. The zero-order valence-corrected chi connectivity index (χ0v) is 14.3.